The van der Waals surface area contributed by atoms with Crippen molar-refractivity contribution in [3.05, 3.63) is 42.5 Å². The Morgan fingerprint density at radius 3 is 2.71 bits per heavy atom. The number of imidazole rings is 1. The monoisotopic (exact) mass is 205 g/mol. The minimum absolute atomic E-state index is 0.802. The highest BCUT2D eigenvalue weighted by molar-refractivity contribution is 7.98. The summed E-state index contributed by atoms with van der Waals surface area (Å²) < 4.78 is 0. The van der Waals surface area contributed by atoms with Crippen LogP contribution in [0.4, 0.5) is 5.69 Å². The fraction of sp³-hybridized carbons (Fsp3) is 0.100. The number of nitrogens with two attached hydrogens (primary N) is 1. The van der Waals surface area contributed by atoms with Crippen LogP contribution in [0.15, 0.2) is 41.7 Å². The number of H-pyrrole nitrogens is 1. The molecule has 3 nitrogen and oxygen atoms in total. The molecule has 2 aromatic rings. The first-order valence-corrected chi connectivity index (χ1v) is 5.29. The number of thioether (sulfide) groups is 1. The van der Waals surface area contributed by atoms with Crippen molar-refractivity contribution < 1.29 is 0 Å². The zero-order valence-corrected chi connectivity index (χ0v) is 8.42. The van der Waals surface area contributed by atoms with Gasteiger partial charge in [0.1, 0.15) is 0 Å². The Labute approximate surface area is 86.7 Å². The van der Waals surface area contributed by atoms with Crippen LogP contribution in [0.2, 0.25) is 0 Å². The minimum Gasteiger partial charge on any atom is -0.399 e. The summed E-state index contributed by atoms with van der Waals surface area (Å²) in [4.78, 5) is 8.24. The lowest BCUT2D eigenvalue weighted by molar-refractivity contribution is 1.22. The fourth-order valence-electron chi connectivity index (χ4n) is 1.09. The molecule has 0 unspecified atom stereocenters. The van der Waals surface area contributed by atoms with Gasteiger partial charge in [0.2, 0.25) is 0 Å². The summed E-state index contributed by atoms with van der Waals surface area (Å²) in [6.07, 6.45) is 3.53. The zero-order valence-electron chi connectivity index (χ0n) is 7.60. The Hall–Kier alpha value is -1.42. The molecule has 0 fully saturated rings. The Balaban J connectivity index is 1.95. The van der Waals surface area contributed by atoms with Gasteiger partial charge in [-0.2, -0.15) is 0 Å². The molecule has 0 bridgehead atoms. The molecule has 0 atom stereocenters. The zero-order chi connectivity index (χ0) is 9.80. The first-order valence-electron chi connectivity index (χ1n) is 4.30. The second-order valence-corrected chi connectivity index (χ2v) is 3.98. The molecule has 0 spiro atoms. The van der Waals surface area contributed by atoms with Crippen LogP contribution in [0.25, 0.3) is 0 Å². The Morgan fingerprint density at radius 2 is 2.07 bits per heavy atom. The molecule has 2 rings (SSSR count). The number of aromatic amines is 1. The molecular weight excluding hydrogens is 194 g/mol. The summed E-state index contributed by atoms with van der Waals surface area (Å²) >= 11 is 1.76. The normalized spacial score (nSPS) is 10.3. The lowest BCUT2D eigenvalue weighted by atomic mass is 10.3. The predicted molar refractivity (Wildman–Crippen MR) is 59.0 cm³/mol. The third-order valence-electron chi connectivity index (χ3n) is 1.83. The number of nitrogens with one attached hydrogen (secondary N) is 1. The summed E-state index contributed by atoms with van der Waals surface area (Å²) in [6, 6.07) is 7.87. The van der Waals surface area contributed by atoms with Crippen LogP contribution in [-0.2, 0) is 5.75 Å². The van der Waals surface area contributed by atoms with Crippen molar-refractivity contribution in [2.75, 3.05) is 5.73 Å². The van der Waals surface area contributed by atoms with Gasteiger partial charge in [-0.3, -0.25) is 0 Å². The van der Waals surface area contributed by atoms with Crippen LogP contribution in [-0.4, -0.2) is 9.97 Å². The molecule has 0 aliphatic heterocycles. The van der Waals surface area contributed by atoms with Crippen LogP contribution in [0.1, 0.15) is 5.69 Å². The number of nitrogen functional groups attached to an aromatic ring is 1. The topological polar surface area (TPSA) is 54.7 Å². The summed E-state index contributed by atoms with van der Waals surface area (Å²) in [5, 5.41) is 0. The van der Waals surface area contributed by atoms with E-state index in [1.54, 1.807) is 18.1 Å². The maximum absolute atomic E-state index is 5.59. The van der Waals surface area contributed by atoms with Crippen molar-refractivity contribution in [1.29, 1.82) is 0 Å². The molecule has 0 radical (unpaired) electrons. The number of rotatable bonds is 3. The lowest BCUT2D eigenvalue weighted by Gasteiger charge is -1.99. The number of benzene rings is 1. The van der Waals surface area contributed by atoms with Gasteiger partial charge in [-0.05, 0) is 24.3 Å². The van der Waals surface area contributed by atoms with E-state index in [-0.39, 0.29) is 0 Å². The highest BCUT2D eigenvalue weighted by atomic mass is 32.2. The maximum atomic E-state index is 5.59. The molecule has 72 valence electrons. The van der Waals surface area contributed by atoms with Gasteiger partial charge in [0.15, 0.2) is 0 Å². The highest BCUT2D eigenvalue weighted by Crippen LogP contribution is 2.22. The van der Waals surface area contributed by atoms with E-state index in [2.05, 4.69) is 9.97 Å². The quantitative estimate of drug-likeness (QED) is 0.597. The Morgan fingerprint density at radius 1 is 1.29 bits per heavy atom. The molecule has 1 heterocycles. The second kappa shape index (κ2) is 4.19. The molecule has 0 saturated heterocycles. The standard InChI is InChI=1S/C10H11N3S/c11-8-1-3-10(4-2-8)14-6-9-5-12-7-13-9/h1-5,7H,6,11H2,(H,12,13). The van der Waals surface area contributed by atoms with Crippen molar-refractivity contribution in [3.63, 3.8) is 0 Å². The number of anilines is 1. The number of aromatic nitrogens is 2. The maximum Gasteiger partial charge on any atom is 0.0921 e. The van der Waals surface area contributed by atoms with E-state index in [0.29, 0.717) is 0 Å². The van der Waals surface area contributed by atoms with Crippen molar-refractivity contribution in [2.24, 2.45) is 0 Å². The summed E-state index contributed by atoms with van der Waals surface area (Å²) in [5.74, 6) is 0.907. The Bertz CT molecular complexity index is 380. The van der Waals surface area contributed by atoms with Crippen LogP contribution in [0.3, 0.4) is 0 Å². The molecule has 4 heteroatoms. The highest BCUT2D eigenvalue weighted by Gasteiger charge is 1.96. The third-order valence-corrected chi connectivity index (χ3v) is 2.89. The largest absolute Gasteiger partial charge is 0.399 e. The lowest BCUT2D eigenvalue weighted by Crippen LogP contribution is -1.83. The van der Waals surface area contributed by atoms with E-state index in [9.17, 15) is 0 Å². The summed E-state index contributed by atoms with van der Waals surface area (Å²) in [6.45, 7) is 0. The molecule has 0 aliphatic rings. The molecule has 0 amide bonds. The van der Waals surface area contributed by atoms with Crippen molar-refractivity contribution in [3.8, 4) is 0 Å². The van der Waals surface area contributed by atoms with E-state index in [4.69, 9.17) is 5.73 Å². The minimum atomic E-state index is 0.802. The average molecular weight is 205 g/mol. The fourth-order valence-corrected chi connectivity index (χ4v) is 1.90. The predicted octanol–water partition coefficient (Wildman–Crippen LogP) is 2.28. The number of hydrogen-bond donors (Lipinski definition) is 2. The van der Waals surface area contributed by atoms with Gasteiger partial charge in [-0.25, -0.2) is 4.98 Å². The summed E-state index contributed by atoms with van der Waals surface area (Å²) in [5.41, 5.74) is 7.53. The van der Waals surface area contributed by atoms with Crippen molar-refractivity contribution >= 4 is 17.4 Å². The molecule has 3 N–H and O–H groups in total. The van der Waals surface area contributed by atoms with E-state index >= 15 is 0 Å². The average Bonchev–Trinajstić information content (AvgIpc) is 2.70. The third kappa shape index (κ3) is 2.29. The van der Waals surface area contributed by atoms with Crippen molar-refractivity contribution in [1.82, 2.24) is 9.97 Å². The van der Waals surface area contributed by atoms with Gasteiger partial charge in [0.05, 0.1) is 6.33 Å². The number of nitrogens with zero attached hydrogens (tertiary/aromatic N) is 1. The SMILES string of the molecule is Nc1ccc(SCc2cnc[nH]2)cc1. The van der Waals surface area contributed by atoms with Crippen LogP contribution in [0, 0.1) is 0 Å². The van der Waals surface area contributed by atoms with E-state index < -0.39 is 0 Å². The molecule has 14 heavy (non-hydrogen) atoms. The molecule has 0 saturated carbocycles. The first kappa shape index (κ1) is 9.15. The Kier molecular flexibility index (Phi) is 2.74. The molecular formula is C10H11N3S. The van der Waals surface area contributed by atoms with Crippen molar-refractivity contribution in [2.45, 2.75) is 10.6 Å². The molecule has 0 aliphatic carbocycles. The van der Waals surface area contributed by atoms with Gasteiger partial charge >= 0.3 is 0 Å². The summed E-state index contributed by atoms with van der Waals surface area (Å²) in [7, 11) is 0. The van der Waals surface area contributed by atoms with Gasteiger partial charge in [-0.1, -0.05) is 0 Å². The van der Waals surface area contributed by atoms with Crippen LogP contribution < -0.4 is 5.73 Å². The van der Waals surface area contributed by atoms with Gasteiger partial charge in [0.25, 0.3) is 0 Å². The van der Waals surface area contributed by atoms with E-state index in [0.717, 1.165) is 17.1 Å². The van der Waals surface area contributed by atoms with Crippen LogP contribution >= 0.6 is 11.8 Å². The van der Waals surface area contributed by atoms with Crippen LogP contribution in [0.5, 0.6) is 0 Å². The van der Waals surface area contributed by atoms with Gasteiger partial charge in [0, 0.05) is 28.2 Å². The van der Waals surface area contributed by atoms with Gasteiger partial charge < -0.3 is 10.7 Å². The second-order valence-electron chi connectivity index (χ2n) is 2.93. The number of hydrogen-bond acceptors (Lipinski definition) is 3. The van der Waals surface area contributed by atoms with E-state index in [1.165, 1.54) is 4.90 Å². The first-order chi connectivity index (χ1) is 6.84. The smallest absolute Gasteiger partial charge is 0.0921 e. The molecule has 1 aromatic heterocycles. The van der Waals surface area contributed by atoms with E-state index in [1.807, 2.05) is 30.5 Å². The van der Waals surface area contributed by atoms with Gasteiger partial charge in [-0.15, -0.1) is 11.8 Å². The molecule has 1 aromatic carbocycles.